The smallest absolute Gasteiger partial charge is 0.226 e. The summed E-state index contributed by atoms with van der Waals surface area (Å²) in [7, 11) is 0. The number of aryl methyl sites for hydroxylation is 1. The van der Waals surface area contributed by atoms with Gasteiger partial charge in [0.25, 0.3) is 0 Å². The first kappa shape index (κ1) is 6.44. The molecular weight excluding hydrogens is 138 g/mol. The van der Waals surface area contributed by atoms with Crippen molar-refractivity contribution in [2.45, 2.75) is 13.3 Å². The van der Waals surface area contributed by atoms with Crippen LogP contribution in [0.3, 0.4) is 0 Å². The largest absolute Gasteiger partial charge is 0.289 e. The molecule has 0 amide bonds. The molecule has 1 aromatic rings. The van der Waals surface area contributed by atoms with Crippen molar-refractivity contribution in [1.29, 1.82) is 0 Å². The lowest BCUT2D eigenvalue weighted by Crippen LogP contribution is -1.88. The second-order valence-corrected chi connectivity index (χ2v) is 2.23. The Morgan fingerprint density at radius 2 is 2.56 bits per heavy atom. The van der Waals surface area contributed by atoms with Crippen LogP contribution in [0, 0.1) is 0 Å². The molecule has 0 aromatic carbocycles. The average Bonchev–Trinajstić information content (AvgIpc) is 2.34. The van der Waals surface area contributed by atoms with Crippen molar-refractivity contribution >= 4 is 16.7 Å². The topological polar surface area (TPSA) is 58.0 Å². The van der Waals surface area contributed by atoms with Gasteiger partial charge >= 0.3 is 0 Å². The molecule has 2 N–H and O–H groups in total. The zero-order chi connectivity index (χ0) is 6.69. The second-order valence-electron chi connectivity index (χ2n) is 1.48. The van der Waals surface area contributed by atoms with E-state index in [0.717, 1.165) is 23.8 Å². The number of rotatable bonds is 2. The van der Waals surface area contributed by atoms with Crippen LogP contribution < -0.4 is 5.48 Å². The molecule has 0 saturated carbocycles. The van der Waals surface area contributed by atoms with E-state index in [1.807, 2.05) is 12.4 Å². The second kappa shape index (κ2) is 2.75. The average molecular weight is 145 g/mol. The van der Waals surface area contributed by atoms with Crippen LogP contribution in [0.4, 0.5) is 5.13 Å². The van der Waals surface area contributed by atoms with Gasteiger partial charge in [0, 0.05) is 18.0 Å². The van der Waals surface area contributed by atoms with E-state index in [0.29, 0.717) is 5.13 Å². The van der Waals surface area contributed by atoms with E-state index >= 15 is 0 Å². The summed E-state index contributed by atoms with van der Waals surface area (Å²) in [6, 6.07) is 0. The maximum absolute atomic E-state index is 8.30. The minimum Gasteiger partial charge on any atom is -0.289 e. The summed E-state index contributed by atoms with van der Waals surface area (Å²) in [5.41, 5.74) is 1.93. The maximum Gasteiger partial charge on any atom is 0.226 e. The minimum absolute atomic E-state index is 0.451. The van der Waals surface area contributed by atoms with E-state index in [1.165, 1.54) is 0 Å². The summed E-state index contributed by atoms with van der Waals surface area (Å²) in [4.78, 5) is 3.89. The van der Waals surface area contributed by atoms with Crippen molar-refractivity contribution in [3.05, 3.63) is 5.82 Å². The molecular formula is C4H7N3OS. The lowest BCUT2D eigenvalue weighted by molar-refractivity contribution is 0.388. The highest BCUT2D eigenvalue weighted by Crippen LogP contribution is 2.08. The first-order valence-corrected chi connectivity index (χ1v) is 3.37. The van der Waals surface area contributed by atoms with Crippen molar-refractivity contribution in [3.8, 4) is 0 Å². The third-order valence-electron chi connectivity index (χ3n) is 0.880. The van der Waals surface area contributed by atoms with Crippen molar-refractivity contribution in [2.24, 2.45) is 0 Å². The molecule has 0 unspecified atom stereocenters. The predicted molar refractivity (Wildman–Crippen MR) is 34.7 cm³/mol. The molecule has 0 radical (unpaired) electrons. The highest BCUT2D eigenvalue weighted by molar-refractivity contribution is 7.09. The molecule has 0 fully saturated rings. The zero-order valence-electron chi connectivity index (χ0n) is 4.96. The van der Waals surface area contributed by atoms with Crippen molar-refractivity contribution in [2.75, 3.05) is 5.48 Å². The molecule has 50 valence electrons. The van der Waals surface area contributed by atoms with Gasteiger partial charge in [-0.2, -0.15) is 4.37 Å². The van der Waals surface area contributed by atoms with Crippen LogP contribution in [0.5, 0.6) is 0 Å². The molecule has 0 atom stereocenters. The van der Waals surface area contributed by atoms with Gasteiger partial charge in [-0.3, -0.25) is 5.21 Å². The molecule has 0 aliphatic carbocycles. The number of hydrogen-bond acceptors (Lipinski definition) is 5. The normalized spacial score (nSPS) is 9.56. The van der Waals surface area contributed by atoms with Crippen molar-refractivity contribution in [1.82, 2.24) is 9.36 Å². The lowest BCUT2D eigenvalue weighted by Gasteiger charge is -1.83. The van der Waals surface area contributed by atoms with E-state index in [-0.39, 0.29) is 0 Å². The van der Waals surface area contributed by atoms with E-state index in [4.69, 9.17) is 5.21 Å². The Kier molecular flexibility index (Phi) is 1.96. The Morgan fingerprint density at radius 3 is 2.89 bits per heavy atom. The van der Waals surface area contributed by atoms with E-state index in [2.05, 4.69) is 9.36 Å². The molecule has 5 heteroatoms. The Balaban J connectivity index is 2.74. The summed E-state index contributed by atoms with van der Waals surface area (Å²) in [6.07, 6.45) is 0.804. The van der Waals surface area contributed by atoms with Crippen molar-refractivity contribution in [3.63, 3.8) is 0 Å². The molecule has 0 spiro atoms. The summed E-state index contributed by atoms with van der Waals surface area (Å²) in [5, 5.41) is 8.76. The van der Waals surface area contributed by atoms with Crippen molar-refractivity contribution < 1.29 is 5.21 Å². The molecule has 4 nitrogen and oxygen atoms in total. The Labute approximate surface area is 56.7 Å². The highest BCUT2D eigenvalue weighted by Gasteiger charge is 1.97. The Hall–Kier alpha value is -0.680. The maximum atomic E-state index is 8.30. The molecule has 0 aliphatic rings. The van der Waals surface area contributed by atoms with Gasteiger partial charge in [0.2, 0.25) is 5.13 Å². The van der Waals surface area contributed by atoms with E-state index in [1.54, 1.807) is 0 Å². The van der Waals surface area contributed by atoms with Crippen LogP contribution in [-0.2, 0) is 6.42 Å². The van der Waals surface area contributed by atoms with Gasteiger partial charge in [-0.1, -0.05) is 6.92 Å². The van der Waals surface area contributed by atoms with Crippen LogP contribution in [-0.4, -0.2) is 14.6 Å². The first-order chi connectivity index (χ1) is 4.36. The predicted octanol–water partition coefficient (Wildman–Crippen LogP) is 0.902. The molecule has 0 saturated heterocycles. The molecule has 1 aromatic heterocycles. The zero-order valence-corrected chi connectivity index (χ0v) is 5.77. The summed E-state index contributed by atoms with van der Waals surface area (Å²) >= 11 is 1.15. The highest BCUT2D eigenvalue weighted by atomic mass is 32.1. The molecule has 1 heterocycles. The van der Waals surface area contributed by atoms with Gasteiger partial charge in [-0.05, 0) is 0 Å². The van der Waals surface area contributed by atoms with Crippen LogP contribution >= 0.6 is 11.5 Å². The number of nitrogens with one attached hydrogen (secondary N) is 1. The fourth-order valence-corrected chi connectivity index (χ4v) is 0.992. The van der Waals surface area contributed by atoms with Gasteiger partial charge in [0.1, 0.15) is 5.82 Å². The summed E-state index contributed by atoms with van der Waals surface area (Å²) < 4.78 is 3.91. The van der Waals surface area contributed by atoms with Crippen LogP contribution in [0.25, 0.3) is 0 Å². The SMILES string of the molecule is CCc1nsc(NO)n1. The van der Waals surface area contributed by atoms with E-state index in [9.17, 15) is 0 Å². The Morgan fingerprint density at radius 1 is 1.78 bits per heavy atom. The van der Waals surface area contributed by atoms with Gasteiger partial charge in [0.05, 0.1) is 0 Å². The minimum atomic E-state index is 0.451. The van der Waals surface area contributed by atoms with Gasteiger partial charge < -0.3 is 0 Å². The van der Waals surface area contributed by atoms with Crippen LogP contribution in [0.2, 0.25) is 0 Å². The lowest BCUT2D eigenvalue weighted by atomic mass is 10.5. The molecule has 1 rings (SSSR count). The number of nitrogens with zero attached hydrogens (tertiary/aromatic N) is 2. The fraction of sp³-hybridized carbons (Fsp3) is 0.500. The molecule has 9 heavy (non-hydrogen) atoms. The number of hydrogen-bond donors (Lipinski definition) is 2. The summed E-state index contributed by atoms with van der Waals surface area (Å²) in [6.45, 7) is 1.96. The first-order valence-electron chi connectivity index (χ1n) is 2.59. The van der Waals surface area contributed by atoms with E-state index < -0.39 is 0 Å². The van der Waals surface area contributed by atoms with Crippen LogP contribution in [0.15, 0.2) is 0 Å². The Bertz CT molecular complexity index is 169. The molecule has 0 bridgehead atoms. The standard InChI is InChI=1S/C4H7N3OS/c1-2-3-5-4(6-8)9-7-3/h8H,2H2,1H3,(H,5,6,7). The summed E-state index contributed by atoms with van der Waals surface area (Å²) in [5.74, 6) is 0.761. The number of aromatic nitrogens is 2. The van der Waals surface area contributed by atoms with Gasteiger partial charge in [0.15, 0.2) is 0 Å². The van der Waals surface area contributed by atoms with Crippen LogP contribution in [0.1, 0.15) is 12.7 Å². The van der Waals surface area contributed by atoms with Gasteiger partial charge in [-0.25, -0.2) is 10.5 Å². The fourth-order valence-electron chi connectivity index (χ4n) is 0.443. The quantitative estimate of drug-likeness (QED) is 0.607. The number of anilines is 1. The van der Waals surface area contributed by atoms with Gasteiger partial charge in [-0.15, -0.1) is 0 Å². The monoisotopic (exact) mass is 145 g/mol. The molecule has 0 aliphatic heterocycles. The third-order valence-corrected chi connectivity index (χ3v) is 1.54. The third kappa shape index (κ3) is 1.36.